The minimum absolute atomic E-state index is 0.0282. The van der Waals surface area contributed by atoms with Gasteiger partial charge in [-0.15, -0.1) is 16.9 Å². The van der Waals surface area contributed by atoms with E-state index in [2.05, 4.69) is 42.2 Å². The van der Waals surface area contributed by atoms with Gasteiger partial charge in [0.1, 0.15) is 36.3 Å². The predicted molar refractivity (Wildman–Crippen MR) is 235 cm³/mol. The fraction of sp³-hybridized carbons (Fsp3) is 0.659. The molecule has 1 saturated heterocycles. The van der Waals surface area contributed by atoms with Gasteiger partial charge in [0.2, 0.25) is 35.4 Å². The summed E-state index contributed by atoms with van der Waals surface area (Å²) in [6.45, 7) is 22.4. The first kappa shape index (κ1) is 48.9. The van der Waals surface area contributed by atoms with E-state index in [0.29, 0.717) is 6.42 Å². The highest BCUT2D eigenvalue weighted by Crippen LogP contribution is 2.23. The number of nitrogens with one attached hydrogen (secondary N) is 8. The highest BCUT2D eigenvalue weighted by Gasteiger charge is 2.40. The topological polar surface area (TPSA) is 202 Å². The molecule has 1 aromatic heterocycles. The molecule has 3 rings (SSSR count). The van der Waals surface area contributed by atoms with E-state index in [4.69, 9.17) is 5.69 Å². The van der Waals surface area contributed by atoms with E-state index in [1.54, 1.807) is 27.7 Å². The van der Waals surface area contributed by atoms with Gasteiger partial charge in [-0.05, 0) is 61.5 Å². The average Bonchev–Trinajstić information content (AvgIpc) is 3.57. The van der Waals surface area contributed by atoms with Gasteiger partial charge in [-0.2, -0.15) is 0 Å². The summed E-state index contributed by atoms with van der Waals surface area (Å²) < 4.78 is -0.871. The Morgan fingerprint density at radius 1 is 0.678 bits per heavy atom. The zero-order valence-electron chi connectivity index (χ0n) is 37.1. The fourth-order valence-corrected chi connectivity index (χ4v) is 7.49. The molecule has 1 aliphatic heterocycles. The van der Waals surface area contributed by atoms with Crippen LogP contribution in [0.3, 0.4) is 0 Å². The summed E-state index contributed by atoms with van der Waals surface area (Å²) in [7, 11) is 0. The molecule has 2 heterocycles. The van der Waals surface area contributed by atoms with Crippen LogP contribution >= 0.6 is 11.2 Å². The van der Waals surface area contributed by atoms with Crippen molar-refractivity contribution in [2.24, 2.45) is 29.6 Å². The van der Waals surface area contributed by atoms with Crippen LogP contribution in [-0.4, -0.2) is 94.0 Å². The lowest BCUT2D eigenvalue weighted by molar-refractivity contribution is -0.136. The molecule has 0 unspecified atom stereocenters. The first-order chi connectivity index (χ1) is 27.6. The smallest absolute Gasteiger partial charge is 0.243 e. The zero-order chi connectivity index (χ0) is 44.4. The standard InChI is InChI=1S/C44H70N8O6S/c1-14-27(10)36-42(57)51-35(26(8)9)41(56)47-31(19-23(2)3)39(54)50-34(25(6)7)40(55)48-32(20-28-21-45-30-18-16-15-17-29(28)30)38(53)49-33(24(4)5)22-46-37(43(58)52-36)44(11,12)59-13/h13,15-18,21,23-27,31-37,45-46H,14,19-20,22H2,1-12H3,(H,47,56)(H,48,55)(H,49,53)(H,50,54)(H,51,57)(H,52,58)/t27-,31+,32+,33+,34-,35-,36+,37+/m0/s1. The van der Waals surface area contributed by atoms with Crippen LogP contribution in [-0.2, 0) is 35.2 Å². The molecule has 8 atom stereocenters. The van der Waals surface area contributed by atoms with Crippen molar-refractivity contribution in [1.82, 2.24) is 42.2 Å². The first-order valence-electron chi connectivity index (χ1n) is 21.1. The van der Waals surface area contributed by atoms with Gasteiger partial charge in [-0.25, -0.2) is 0 Å². The van der Waals surface area contributed by atoms with E-state index in [9.17, 15) is 28.8 Å². The van der Waals surface area contributed by atoms with Crippen molar-refractivity contribution in [3.05, 3.63) is 36.0 Å². The maximum absolute atomic E-state index is 14.4. The minimum atomic E-state index is -1.06. The molecular weight excluding hydrogens is 769 g/mol. The van der Waals surface area contributed by atoms with Crippen LogP contribution in [0.1, 0.15) is 101 Å². The molecular formula is C44H70N8O6S. The number of para-hydroxylation sites is 1. The Bertz CT molecular complexity index is 1830. The van der Waals surface area contributed by atoms with Crippen molar-refractivity contribution >= 4 is 57.5 Å². The van der Waals surface area contributed by atoms with Gasteiger partial charge in [0, 0.05) is 36.1 Å². The van der Waals surface area contributed by atoms with Crippen LogP contribution in [0.15, 0.2) is 30.5 Å². The van der Waals surface area contributed by atoms with Crippen LogP contribution in [0.5, 0.6) is 0 Å². The highest BCUT2D eigenvalue weighted by atomic mass is 32.1. The molecule has 0 spiro atoms. The van der Waals surface area contributed by atoms with Gasteiger partial charge < -0.3 is 42.2 Å². The molecule has 14 nitrogen and oxygen atoms in total. The second kappa shape index (κ2) is 21.7. The third-order valence-corrected chi connectivity index (χ3v) is 12.1. The second-order valence-corrected chi connectivity index (χ2v) is 19.4. The number of hydrogen-bond acceptors (Lipinski definition) is 7. The fourth-order valence-electron chi connectivity index (χ4n) is 7.16. The van der Waals surface area contributed by atoms with Gasteiger partial charge in [0.25, 0.3) is 0 Å². The van der Waals surface area contributed by atoms with Crippen LogP contribution in [0.25, 0.3) is 10.9 Å². The molecule has 328 valence electrons. The number of hydrogen-bond donors (Lipinski definition) is 8. The van der Waals surface area contributed by atoms with Gasteiger partial charge in [-0.3, -0.25) is 28.8 Å². The van der Waals surface area contributed by atoms with Crippen LogP contribution < -0.4 is 37.2 Å². The normalized spacial score (nSPS) is 25.8. The summed E-state index contributed by atoms with van der Waals surface area (Å²) in [4.78, 5) is 88.4. The third-order valence-electron chi connectivity index (χ3n) is 11.3. The summed E-state index contributed by atoms with van der Waals surface area (Å²) in [6, 6.07) is 1.02. The van der Waals surface area contributed by atoms with Crippen molar-refractivity contribution in [1.29, 1.82) is 0 Å². The molecule has 0 radical (unpaired) electrons. The monoisotopic (exact) mass is 839 g/mol. The summed E-state index contributed by atoms with van der Waals surface area (Å²) in [5.41, 5.74) is 7.84. The van der Waals surface area contributed by atoms with Gasteiger partial charge in [-0.1, -0.05) is 93.9 Å². The van der Waals surface area contributed by atoms with Gasteiger partial charge in [0.15, 0.2) is 0 Å². The third kappa shape index (κ3) is 13.3. The molecule has 2 aromatic rings. The largest absolute Gasteiger partial charge is 0.361 e. The Morgan fingerprint density at radius 3 is 1.75 bits per heavy atom. The molecule has 0 bridgehead atoms. The second-order valence-electron chi connectivity index (χ2n) is 18.1. The molecule has 8 N–H and O–H groups in total. The Balaban J connectivity index is 2.18. The Labute approximate surface area is 354 Å². The number of carbonyl (C=O) groups is 6. The van der Waals surface area contributed by atoms with Crippen molar-refractivity contribution in [3.8, 4) is 5.69 Å². The Morgan fingerprint density at radius 2 is 1.20 bits per heavy atom. The average molecular weight is 839 g/mol. The quantitative estimate of drug-likeness (QED) is 0.178. The van der Waals surface area contributed by atoms with Crippen LogP contribution in [0.2, 0.25) is 0 Å². The summed E-state index contributed by atoms with van der Waals surface area (Å²) >= 11 is 0.993. The number of aromatic amines is 1. The van der Waals surface area contributed by atoms with E-state index in [1.165, 1.54) is 0 Å². The van der Waals surface area contributed by atoms with E-state index in [-0.39, 0.29) is 43.1 Å². The first-order valence-corrected chi connectivity index (χ1v) is 22.0. The van der Waals surface area contributed by atoms with Gasteiger partial charge >= 0.3 is 0 Å². The molecule has 0 saturated carbocycles. The number of carbonyl (C=O) groups excluding carboxylic acids is 6. The molecule has 6 amide bonds. The molecule has 59 heavy (non-hydrogen) atoms. The Kier molecular flexibility index (Phi) is 18.0. The molecule has 1 aromatic carbocycles. The van der Waals surface area contributed by atoms with Crippen molar-refractivity contribution in [2.45, 2.75) is 149 Å². The lowest BCUT2D eigenvalue weighted by Crippen LogP contribution is -2.63. The summed E-state index contributed by atoms with van der Waals surface area (Å²) in [5, 5.41) is 21.9. The van der Waals surface area contributed by atoms with E-state index < -0.39 is 88.4 Å². The molecule has 1 aliphatic rings. The van der Waals surface area contributed by atoms with E-state index in [1.807, 2.05) is 85.9 Å². The van der Waals surface area contributed by atoms with E-state index >= 15 is 0 Å². The molecule has 0 aliphatic carbocycles. The molecule has 1 fully saturated rings. The lowest BCUT2D eigenvalue weighted by atomic mass is 9.94. The van der Waals surface area contributed by atoms with Crippen molar-refractivity contribution in [3.63, 3.8) is 0 Å². The number of rotatable bonds is 10. The van der Waals surface area contributed by atoms with Gasteiger partial charge in [0.05, 0.1) is 4.75 Å². The number of H-pyrrole nitrogens is 1. The van der Waals surface area contributed by atoms with E-state index in [0.717, 1.165) is 27.6 Å². The number of aromatic nitrogens is 1. The van der Waals surface area contributed by atoms with Crippen molar-refractivity contribution in [2.75, 3.05) is 6.54 Å². The Hall–Kier alpha value is -4.46. The SMILES string of the molecule is C#SC(C)(C)[C@@H]1NC[C@H](C(C)C)NC(=O)[C@@H](Cc2c[nH]c3ccccc23)NC(=O)[C@H](C(C)C)NC(=O)[C@@H](CC(C)C)NC(=O)[C@H](C(C)C)NC(=O)[C@@H]([C@@H](C)CC)NC1=O. The zero-order valence-corrected chi connectivity index (χ0v) is 37.9. The number of fused-ring (bicyclic) bond motifs is 1. The van der Waals surface area contributed by atoms with Crippen LogP contribution in [0.4, 0.5) is 0 Å². The maximum atomic E-state index is 14.4. The maximum Gasteiger partial charge on any atom is 0.243 e. The minimum Gasteiger partial charge on any atom is -0.361 e. The van der Waals surface area contributed by atoms with Crippen LogP contribution in [0, 0.1) is 35.3 Å². The summed E-state index contributed by atoms with van der Waals surface area (Å²) in [6.07, 6.45) is 2.76. The molecule has 15 heteroatoms. The highest BCUT2D eigenvalue weighted by molar-refractivity contribution is 7.89. The number of benzene rings is 1. The van der Waals surface area contributed by atoms with Crippen molar-refractivity contribution < 1.29 is 28.8 Å². The predicted octanol–water partition coefficient (Wildman–Crippen LogP) is 3.75. The lowest BCUT2D eigenvalue weighted by Gasteiger charge is -2.35. The number of amides is 6. The summed E-state index contributed by atoms with van der Waals surface area (Å²) in [5.74, 6) is -4.42.